The monoisotopic (exact) mass is 502 g/mol. The van der Waals surface area contributed by atoms with Gasteiger partial charge in [0, 0.05) is 30.7 Å². The maximum absolute atomic E-state index is 13.8. The van der Waals surface area contributed by atoms with E-state index in [1.807, 2.05) is 66.2 Å². The van der Waals surface area contributed by atoms with Crippen LogP contribution in [0, 0.1) is 6.92 Å². The van der Waals surface area contributed by atoms with Crippen LogP contribution >= 0.6 is 0 Å². The lowest BCUT2D eigenvalue weighted by molar-refractivity contribution is -0.161. The molecule has 0 spiro atoms. The van der Waals surface area contributed by atoms with Crippen molar-refractivity contribution in [2.24, 2.45) is 7.05 Å². The Morgan fingerprint density at radius 3 is 2.46 bits per heavy atom. The van der Waals surface area contributed by atoms with E-state index < -0.39 is 17.7 Å². The first kappa shape index (κ1) is 24.6. The Morgan fingerprint density at radius 2 is 1.78 bits per heavy atom. The van der Waals surface area contributed by atoms with Crippen molar-refractivity contribution in [2.75, 3.05) is 6.79 Å². The van der Waals surface area contributed by atoms with Crippen LogP contribution in [0.1, 0.15) is 43.7 Å². The second kappa shape index (κ2) is 9.12. The Kier molecular flexibility index (Phi) is 6.07. The highest BCUT2D eigenvalue weighted by Crippen LogP contribution is 2.38. The molecule has 0 bridgehead atoms. The fraction of sp³-hybridized carbons (Fsp3) is 0.310. The van der Waals surface area contributed by atoms with Crippen molar-refractivity contribution in [3.8, 4) is 22.6 Å². The van der Waals surface area contributed by atoms with E-state index in [0.29, 0.717) is 40.2 Å². The molecular weight excluding hydrogens is 472 g/mol. The molecule has 8 heteroatoms. The molecule has 0 aliphatic carbocycles. The van der Waals surface area contributed by atoms with Gasteiger partial charge in [-0.1, -0.05) is 35.9 Å². The summed E-state index contributed by atoms with van der Waals surface area (Å²) in [5, 5.41) is 10.9. The van der Waals surface area contributed by atoms with Gasteiger partial charge in [-0.3, -0.25) is 4.79 Å². The van der Waals surface area contributed by atoms with Crippen LogP contribution in [0.2, 0.25) is 0 Å². The Balaban J connectivity index is 1.74. The molecule has 37 heavy (non-hydrogen) atoms. The average molecular weight is 503 g/mol. The molecule has 5 rings (SSSR count). The Hall–Kier alpha value is -4.04. The van der Waals surface area contributed by atoms with Crippen LogP contribution in [-0.2, 0) is 23.1 Å². The predicted molar refractivity (Wildman–Crippen MR) is 140 cm³/mol. The number of rotatable bonds is 6. The summed E-state index contributed by atoms with van der Waals surface area (Å²) in [4.78, 5) is 26.3. The Morgan fingerprint density at radius 1 is 1.08 bits per heavy atom. The van der Waals surface area contributed by atoms with Gasteiger partial charge in [0.2, 0.25) is 6.79 Å². The van der Waals surface area contributed by atoms with E-state index in [2.05, 4.69) is 0 Å². The highest BCUT2D eigenvalue weighted by molar-refractivity contribution is 5.98. The molecule has 1 aliphatic rings. The van der Waals surface area contributed by atoms with Crippen molar-refractivity contribution in [3.05, 3.63) is 81.9 Å². The van der Waals surface area contributed by atoms with Crippen molar-refractivity contribution in [2.45, 2.75) is 45.9 Å². The molecule has 0 saturated carbocycles. The van der Waals surface area contributed by atoms with Crippen molar-refractivity contribution in [1.82, 2.24) is 9.13 Å². The number of ether oxygens (including phenoxy) is 3. The molecule has 3 heterocycles. The van der Waals surface area contributed by atoms with Crippen LogP contribution in [0.4, 0.5) is 0 Å². The third-order valence-electron chi connectivity index (χ3n) is 6.43. The maximum atomic E-state index is 13.8. The molecule has 4 aromatic rings. The number of aromatic nitrogens is 2. The largest absolute Gasteiger partial charge is 0.479 e. The molecule has 0 amide bonds. The fourth-order valence-corrected chi connectivity index (χ4v) is 4.76. The number of pyridine rings is 1. The lowest BCUT2D eigenvalue weighted by atomic mass is 9.95. The van der Waals surface area contributed by atoms with Gasteiger partial charge in [-0.2, -0.15) is 0 Å². The molecule has 1 atom stereocenters. The number of hydrogen-bond donors (Lipinski definition) is 1. The Bertz CT molecular complexity index is 1560. The second-order valence-corrected chi connectivity index (χ2v) is 10.3. The third-order valence-corrected chi connectivity index (χ3v) is 6.43. The van der Waals surface area contributed by atoms with Crippen LogP contribution in [0.15, 0.2) is 59.5 Å². The van der Waals surface area contributed by atoms with Gasteiger partial charge in [-0.05, 0) is 57.0 Å². The summed E-state index contributed by atoms with van der Waals surface area (Å²) in [6, 6.07) is 15.4. The van der Waals surface area contributed by atoms with Gasteiger partial charge in [-0.25, -0.2) is 4.79 Å². The van der Waals surface area contributed by atoms with E-state index in [0.717, 1.165) is 16.7 Å². The molecule has 0 fully saturated rings. The Labute approximate surface area is 214 Å². The highest BCUT2D eigenvalue weighted by Gasteiger charge is 2.33. The molecule has 2 aromatic heterocycles. The molecule has 8 nitrogen and oxygen atoms in total. The number of benzene rings is 2. The van der Waals surface area contributed by atoms with Crippen molar-refractivity contribution >= 4 is 16.9 Å². The number of fused-ring (bicyclic) bond motifs is 2. The number of nitrogens with zero attached hydrogens (tertiary/aromatic N) is 2. The lowest BCUT2D eigenvalue weighted by Crippen LogP contribution is -2.33. The molecule has 1 aliphatic heterocycles. The smallest absolute Gasteiger partial charge is 0.339 e. The maximum Gasteiger partial charge on any atom is 0.339 e. The van der Waals surface area contributed by atoms with Gasteiger partial charge in [0.25, 0.3) is 5.56 Å². The summed E-state index contributed by atoms with van der Waals surface area (Å²) in [6.07, 6.45) is 0.522. The van der Waals surface area contributed by atoms with E-state index >= 15 is 0 Å². The van der Waals surface area contributed by atoms with Gasteiger partial charge in [0.05, 0.1) is 11.3 Å². The van der Waals surface area contributed by atoms with Gasteiger partial charge < -0.3 is 28.5 Å². The first-order chi connectivity index (χ1) is 17.5. The number of carboxylic acid groups (broad SMARTS) is 1. The second-order valence-electron chi connectivity index (χ2n) is 10.3. The van der Waals surface area contributed by atoms with Crippen LogP contribution in [0.5, 0.6) is 11.5 Å². The molecule has 0 radical (unpaired) electrons. The van der Waals surface area contributed by atoms with Gasteiger partial charge in [-0.15, -0.1) is 0 Å². The summed E-state index contributed by atoms with van der Waals surface area (Å²) in [5.41, 5.74) is 3.25. The first-order valence-corrected chi connectivity index (χ1v) is 12.1. The van der Waals surface area contributed by atoms with Crippen LogP contribution in [0.3, 0.4) is 0 Å². The minimum Gasteiger partial charge on any atom is -0.479 e. The third kappa shape index (κ3) is 4.60. The normalized spacial score (nSPS) is 13.8. The van der Waals surface area contributed by atoms with Crippen molar-refractivity contribution in [3.63, 3.8) is 0 Å². The van der Waals surface area contributed by atoms with Crippen LogP contribution < -0.4 is 15.0 Å². The summed E-state index contributed by atoms with van der Waals surface area (Å²) >= 11 is 0. The zero-order valence-electron chi connectivity index (χ0n) is 21.6. The SMILES string of the molecule is Cc1ccc(-c2c(C(OC(C)(C)C)C(=O)O)n(C)c(=O)c3c2ccn3Cc2ccc3c(c2)OCO3)cc1. The van der Waals surface area contributed by atoms with Crippen molar-refractivity contribution in [1.29, 1.82) is 0 Å². The first-order valence-electron chi connectivity index (χ1n) is 12.1. The van der Waals surface area contributed by atoms with E-state index in [1.54, 1.807) is 27.8 Å². The summed E-state index contributed by atoms with van der Waals surface area (Å²) in [7, 11) is 1.61. The quantitative estimate of drug-likeness (QED) is 0.398. The van der Waals surface area contributed by atoms with Gasteiger partial charge >= 0.3 is 5.97 Å². The molecule has 2 aromatic carbocycles. The van der Waals surface area contributed by atoms with E-state index in [9.17, 15) is 14.7 Å². The van der Waals surface area contributed by atoms with E-state index in [-0.39, 0.29) is 12.4 Å². The van der Waals surface area contributed by atoms with E-state index in [4.69, 9.17) is 14.2 Å². The van der Waals surface area contributed by atoms with Crippen LogP contribution in [-0.4, -0.2) is 32.6 Å². The minimum atomic E-state index is -1.34. The summed E-state index contributed by atoms with van der Waals surface area (Å²) in [5.74, 6) is 0.215. The van der Waals surface area contributed by atoms with Crippen LogP contribution in [0.25, 0.3) is 22.0 Å². The molecule has 1 unspecified atom stereocenters. The summed E-state index contributed by atoms with van der Waals surface area (Å²) < 4.78 is 20.2. The molecule has 0 saturated heterocycles. The summed E-state index contributed by atoms with van der Waals surface area (Å²) in [6.45, 7) is 8.01. The topological polar surface area (TPSA) is 91.9 Å². The highest BCUT2D eigenvalue weighted by atomic mass is 16.7. The molecular formula is C29H30N2O6. The minimum absolute atomic E-state index is 0.190. The number of aliphatic carboxylic acids is 1. The predicted octanol–water partition coefficient (Wildman–Crippen LogP) is 5.03. The number of hydrogen-bond acceptors (Lipinski definition) is 5. The zero-order chi connectivity index (χ0) is 26.5. The molecule has 1 N–H and O–H groups in total. The number of carbonyl (C=O) groups is 1. The fourth-order valence-electron chi connectivity index (χ4n) is 4.76. The lowest BCUT2D eigenvalue weighted by Gasteiger charge is -2.28. The van der Waals surface area contributed by atoms with Gasteiger partial charge in [0.15, 0.2) is 17.6 Å². The average Bonchev–Trinajstić information content (AvgIpc) is 3.47. The number of carboxylic acids is 1. The van der Waals surface area contributed by atoms with Crippen molar-refractivity contribution < 1.29 is 24.1 Å². The van der Waals surface area contributed by atoms with Gasteiger partial charge in [0.1, 0.15) is 5.52 Å². The standard InChI is InChI=1S/C29H30N2O6/c1-17-6-9-19(10-7-17)23-20-12-13-31(15-18-8-11-21-22(14-18)36-16-35-21)24(20)27(32)30(5)25(23)26(28(33)34)37-29(2,3)4/h6-14,26H,15-16H2,1-5H3,(H,33,34). The molecule has 192 valence electrons. The number of aryl methyl sites for hydroxylation is 1. The zero-order valence-corrected chi connectivity index (χ0v) is 21.6. The van der Waals surface area contributed by atoms with E-state index in [1.165, 1.54) is 4.57 Å².